The normalized spacial score (nSPS) is 11.9. The molecule has 2 aromatic rings. The number of nitrogens with one attached hydrogen (secondary N) is 1. The summed E-state index contributed by atoms with van der Waals surface area (Å²) in [6.07, 6.45) is -0.194. The van der Waals surface area contributed by atoms with E-state index in [4.69, 9.17) is 4.74 Å². The van der Waals surface area contributed by atoms with Crippen molar-refractivity contribution in [1.29, 1.82) is 0 Å². The lowest BCUT2D eigenvalue weighted by molar-refractivity contribution is -0.121. The van der Waals surface area contributed by atoms with Crippen LogP contribution in [0.4, 0.5) is 4.39 Å². The third-order valence-corrected chi connectivity index (χ3v) is 3.23. The van der Waals surface area contributed by atoms with Gasteiger partial charge in [0.25, 0.3) is 0 Å². The number of ether oxygens (including phenoxy) is 1. The predicted molar refractivity (Wildman–Crippen MR) is 79.3 cm³/mol. The molecule has 1 atom stereocenters. The predicted octanol–water partition coefficient (Wildman–Crippen LogP) is 2.87. The van der Waals surface area contributed by atoms with E-state index in [0.717, 1.165) is 5.56 Å². The maximum absolute atomic E-state index is 13.7. The fourth-order valence-electron chi connectivity index (χ4n) is 2.11. The van der Waals surface area contributed by atoms with Gasteiger partial charge in [0.2, 0.25) is 5.91 Å². The highest BCUT2D eigenvalue weighted by Gasteiger charge is 2.15. The number of benzene rings is 2. The number of methoxy groups -OCH3 is 1. The topological polar surface area (TPSA) is 38.3 Å². The van der Waals surface area contributed by atoms with Gasteiger partial charge in [0.1, 0.15) is 11.9 Å². The molecular formula is C17H18FNO2. The Bertz CT molecular complexity index is 586. The first-order valence-corrected chi connectivity index (χ1v) is 6.78. The lowest BCUT2D eigenvalue weighted by Gasteiger charge is -2.17. The summed E-state index contributed by atoms with van der Waals surface area (Å²) in [5, 5.41) is 2.78. The maximum Gasteiger partial charge on any atom is 0.224 e. The molecule has 0 bridgehead atoms. The zero-order valence-corrected chi connectivity index (χ0v) is 11.9. The van der Waals surface area contributed by atoms with Crippen molar-refractivity contribution in [2.45, 2.75) is 12.5 Å². The van der Waals surface area contributed by atoms with Crippen molar-refractivity contribution in [2.75, 3.05) is 13.7 Å². The Balaban J connectivity index is 1.91. The first-order chi connectivity index (χ1) is 10.2. The number of halogens is 1. The van der Waals surface area contributed by atoms with Crippen LogP contribution in [0.1, 0.15) is 17.2 Å². The Labute approximate surface area is 123 Å². The molecule has 2 aromatic carbocycles. The van der Waals surface area contributed by atoms with Crippen LogP contribution in [0.5, 0.6) is 0 Å². The molecule has 110 valence electrons. The molecule has 1 unspecified atom stereocenters. The molecule has 4 heteroatoms. The van der Waals surface area contributed by atoms with Crippen LogP contribution in [0, 0.1) is 5.82 Å². The lowest BCUT2D eigenvalue weighted by atomic mass is 10.1. The molecule has 0 fully saturated rings. The minimum Gasteiger partial charge on any atom is -0.375 e. The second kappa shape index (κ2) is 7.55. The second-order valence-electron chi connectivity index (χ2n) is 4.71. The van der Waals surface area contributed by atoms with E-state index in [2.05, 4.69) is 5.32 Å². The maximum atomic E-state index is 13.7. The van der Waals surface area contributed by atoms with Crippen molar-refractivity contribution in [2.24, 2.45) is 0 Å². The van der Waals surface area contributed by atoms with Crippen LogP contribution in [-0.2, 0) is 16.0 Å². The smallest absolute Gasteiger partial charge is 0.224 e. The molecule has 0 aromatic heterocycles. The summed E-state index contributed by atoms with van der Waals surface area (Å²) in [7, 11) is 1.50. The molecule has 0 radical (unpaired) electrons. The van der Waals surface area contributed by atoms with Crippen molar-refractivity contribution >= 4 is 5.91 Å². The van der Waals surface area contributed by atoms with E-state index >= 15 is 0 Å². The molecule has 0 heterocycles. The molecule has 21 heavy (non-hydrogen) atoms. The standard InChI is InChI=1S/C17H18FNO2/c1-21-16(14-9-5-6-10-15(14)18)12-19-17(20)11-13-7-3-2-4-8-13/h2-10,16H,11-12H2,1H3,(H,19,20). The van der Waals surface area contributed by atoms with E-state index in [1.807, 2.05) is 30.3 Å². The van der Waals surface area contributed by atoms with Crippen LogP contribution >= 0.6 is 0 Å². The summed E-state index contributed by atoms with van der Waals surface area (Å²) in [4.78, 5) is 11.9. The van der Waals surface area contributed by atoms with Crippen molar-refractivity contribution in [1.82, 2.24) is 5.32 Å². The third kappa shape index (κ3) is 4.39. The molecule has 2 rings (SSSR count). The van der Waals surface area contributed by atoms with Gasteiger partial charge in [0.05, 0.1) is 6.42 Å². The summed E-state index contributed by atoms with van der Waals surface area (Å²) in [5.74, 6) is -0.443. The van der Waals surface area contributed by atoms with Crippen molar-refractivity contribution < 1.29 is 13.9 Å². The zero-order chi connectivity index (χ0) is 15.1. The Morgan fingerprint density at radius 2 is 1.81 bits per heavy atom. The summed E-state index contributed by atoms with van der Waals surface area (Å²) >= 11 is 0. The third-order valence-electron chi connectivity index (χ3n) is 3.23. The van der Waals surface area contributed by atoms with Crippen LogP contribution in [0.2, 0.25) is 0 Å². The lowest BCUT2D eigenvalue weighted by Crippen LogP contribution is -2.30. The van der Waals surface area contributed by atoms with Crippen LogP contribution in [-0.4, -0.2) is 19.6 Å². The van der Waals surface area contributed by atoms with Gasteiger partial charge in [-0.15, -0.1) is 0 Å². The van der Waals surface area contributed by atoms with Gasteiger partial charge in [0.15, 0.2) is 0 Å². The highest BCUT2D eigenvalue weighted by molar-refractivity contribution is 5.78. The van der Waals surface area contributed by atoms with Crippen LogP contribution in [0.25, 0.3) is 0 Å². The average molecular weight is 287 g/mol. The van der Waals surface area contributed by atoms with E-state index in [-0.39, 0.29) is 18.3 Å². The van der Waals surface area contributed by atoms with Gasteiger partial charge in [-0.05, 0) is 11.6 Å². The first kappa shape index (κ1) is 15.2. The fourth-order valence-corrected chi connectivity index (χ4v) is 2.11. The summed E-state index contributed by atoms with van der Waals surface area (Å²) < 4.78 is 19.0. The Kier molecular flexibility index (Phi) is 5.46. The van der Waals surface area contributed by atoms with Crippen LogP contribution in [0.15, 0.2) is 54.6 Å². The number of carbonyl (C=O) groups excluding carboxylic acids is 1. The molecule has 1 amide bonds. The zero-order valence-electron chi connectivity index (χ0n) is 11.9. The van der Waals surface area contributed by atoms with Gasteiger partial charge in [-0.3, -0.25) is 4.79 Å². The number of hydrogen-bond acceptors (Lipinski definition) is 2. The number of carbonyl (C=O) groups is 1. The van der Waals surface area contributed by atoms with E-state index in [1.165, 1.54) is 13.2 Å². The van der Waals surface area contributed by atoms with Crippen molar-refractivity contribution in [3.05, 3.63) is 71.5 Å². The van der Waals surface area contributed by atoms with E-state index in [9.17, 15) is 9.18 Å². The van der Waals surface area contributed by atoms with Gasteiger partial charge in [-0.1, -0.05) is 48.5 Å². The molecular weight excluding hydrogens is 269 g/mol. The number of rotatable bonds is 6. The Morgan fingerprint density at radius 1 is 1.14 bits per heavy atom. The van der Waals surface area contributed by atoms with E-state index in [1.54, 1.807) is 18.2 Å². The SMILES string of the molecule is COC(CNC(=O)Cc1ccccc1)c1ccccc1F. The largest absolute Gasteiger partial charge is 0.375 e. The van der Waals surface area contributed by atoms with Gasteiger partial charge in [-0.2, -0.15) is 0 Å². The van der Waals surface area contributed by atoms with E-state index in [0.29, 0.717) is 12.0 Å². The molecule has 0 spiro atoms. The molecule has 0 aliphatic carbocycles. The highest BCUT2D eigenvalue weighted by atomic mass is 19.1. The highest BCUT2D eigenvalue weighted by Crippen LogP contribution is 2.18. The minimum atomic E-state index is -0.495. The average Bonchev–Trinajstić information content (AvgIpc) is 2.50. The second-order valence-corrected chi connectivity index (χ2v) is 4.71. The van der Waals surface area contributed by atoms with Gasteiger partial charge in [0, 0.05) is 19.2 Å². The van der Waals surface area contributed by atoms with E-state index < -0.39 is 6.10 Å². The van der Waals surface area contributed by atoms with Crippen molar-refractivity contribution in [3.8, 4) is 0 Å². The minimum absolute atomic E-state index is 0.111. The Hall–Kier alpha value is -2.20. The van der Waals surface area contributed by atoms with Gasteiger partial charge in [-0.25, -0.2) is 4.39 Å². The number of amides is 1. The molecule has 0 aliphatic rings. The quantitative estimate of drug-likeness (QED) is 0.887. The summed E-state index contributed by atoms with van der Waals surface area (Å²) in [5.41, 5.74) is 1.38. The van der Waals surface area contributed by atoms with Crippen LogP contribution in [0.3, 0.4) is 0 Å². The Morgan fingerprint density at radius 3 is 2.48 bits per heavy atom. The summed E-state index contributed by atoms with van der Waals surface area (Å²) in [6, 6.07) is 15.9. The fraction of sp³-hybridized carbons (Fsp3) is 0.235. The van der Waals surface area contributed by atoms with Crippen molar-refractivity contribution in [3.63, 3.8) is 0 Å². The molecule has 3 nitrogen and oxygen atoms in total. The molecule has 0 saturated carbocycles. The molecule has 0 saturated heterocycles. The van der Waals surface area contributed by atoms with Gasteiger partial charge >= 0.3 is 0 Å². The van der Waals surface area contributed by atoms with Gasteiger partial charge < -0.3 is 10.1 Å². The monoisotopic (exact) mass is 287 g/mol. The molecule has 0 aliphatic heterocycles. The van der Waals surface area contributed by atoms with Crippen LogP contribution < -0.4 is 5.32 Å². The first-order valence-electron chi connectivity index (χ1n) is 6.78. The molecule has 1 N–H and O–H groups in total. The summed E-state index contributed by atoms with van der Waals surface area (Å²) in [6.45, 7) is 0.239. The number of hydrogen-bond donors (Lipinski definition) is 1.